The van der Waals surface area contributed by atoms with E-state index in [1.54, 1.807) is 11.3 Å². The van der Waals surface area contributed by atoms with E-state index >= 15 is 0 Å². The lowest BCUT2D eigenvalue weighted by molar-refractivity contribution is 0.0964. The van der Waals surface area contributed by atoms with Crippen LogP contribution in [0.3, 0.4) is 0 Å². The summed E-state index contributed by atoms with van der Waals surface area (Å²) in [4.78, 5) is 3.97. The first-order chi connectivity index (χ1) is 9.22. The van der Waals surface area contributed by atoms with E-state index in [1.165, 1.54) is 24.1 Å². The van der Waals surface area contributed by atoms with Crippen molar-refractivity contribution in [1.29, 1.82) is 0 Å². The number of rotatable bonds is 3. The average Bonchev–Trinajstić information content (AvgIpc) is 2.82. The molecule has 0 radical (unpaired) electrons. The van der Waals surface area contributed by atoms with Gasteiger partial charge < -0.3 is 5.11 Å². The van der Waals surface area contributed by atoms with E-state index < -0.39 is 0 Å². The molecular formula is C16H23NOS. The minimum absolute atomic E-state index is 0.145. The predicted octanol–water partition coefficient (Wildman–Crippen LogP) is 3.24. The number of thiophene rings is 1. The Labute approximate surface area is 120 Å². The van der Waals surface area contributed by atoms with E-state index in [-0.39, 0.29) is 6.61 Å². The maximum atomic E-state index is 8.79. The van der Waals surface area contributed by atoms with Gasteiger partial charge in [-0.05, 0) is 38.1 Å². The van der Waals surface area contributed by atoms with Gasteiger partial charge >= 0.3 is 0 Å². The summed E-state index contributed by atoms with van der Waals surface area (Å²) in [5, 5.41) is 10.9. The van der Waals surface area contributed by atoms with Gasteiger partial charge in [0.05, 0.1) is 6.61 Å². The van der Waals surface area contributed by atoms with Crippen molar-refractivity contribution in [2.75, 3.05) is 6.61 Å². The van der Waals surface area contributed by atoms with E-state index in [4.69, 9.17) is 5.11 Å². The van der Waals surface area contributed by atoms with Gasteiger partial charge in [0.1, 0.15) is 0 Å². The Morgan fingerprint density at radius 3 is 2.79 bits per heavy atom. The monoisotopic (exact) mass is 277 g/mol. The number of hydrogen-bond donors (Lipinski definition) is 1. The molecule has 3 heteroatoms. The van der Waals surface area contributed by atoms with E-state index in [2.05, 4.69) is 42.0 Å². The van der Waals surface area contributed by atoms with Crippen LogP contribution in [0.2, 0.25) is 0 Å². The van der Waals surface area contributed by atoms with Crippen molar-refractivity contribution in [3.63, 3.8) is 0 Å². The molecule has 2 rings (SSSR count). The van der Waals surface area contributed by atoms with Crippen LogP contribution in [0.5, 0.6) is 0 Å². The second kappa shape index (κ2) is 7.09. The Morgan fingerprint density at radius 2 is 2.11 bits per heavy atom. The van der Waals surface area contributed by atoms with Crippen molar-refractivity contribution in [2.45, 2.75) is 58.2 Å². The van der Waals surface area contributed by atoms with Crippen LogP contribution >= 0.6 is 11.3 Å². The van der Waals surface area contributed by atoms with Crippen LogP contribution in [0.4, 0.5) is 0 Å². The highest BCUT2D eigenvalue weighted by atomic mass is 32.1. The normalized spacial score (nSPS) is 23.9. The molecule has 0 aliphatic carbocycles. The lowest BCUT2D eigenvalue weighted by atomic mass is 9.97. The Kier molecular flexibility index (Phi) is 5.45. The van der Waals surface area contributed by atoms with Gasteiger partial charge in [0.2, 0.25) is 0 Å². The van der Waals surface area contributed by atoms with Gasteiger partial charge in [-0.2, -0.15) is 0 Å². The molecule has 2 nitrogen and oxygen atoms in total. The summed E-state index contributed by atoms with van der Waals surface area (Å²) in [6, 6.07) is 3.44. The zero-order chi connectivity index (χ0) is 13.7. The third kappa shape index (κ3) is 3.82. The molecule has 1 aromatic heterocycles. The molecule has 1 fully saturated rings. The molecule has 0 saturated carbocycles. The summed E-state index contributed by atoms with van der Waals surface area (Å²) < 4.78 is 0. The first kappa shape index (κ1) is 14.6. The maximum Gasteiger partial charge on any atom is 0.0540 e. The average molecular weight is 277 g/mol. The second-order valence-corrected chi connectivity index (χ2v) is 6.33. The van der Waals surface area contributed by atoms with Gasteiger partial charge in [-0.25, -0.2) is 0 Å². The number of aliphatic hydroxyl groups excluding tert-OH is 1. The summed E-state index contributed by atoms with van der Waals surface area (Å²) in [5.74, 6) is 6.21. The summed E-state index contributed by atoms with van der Waals surface area (Å²) in [6.45, 7) is 5.83. The first-order valence-electron chi connectivity index (χ1n) is 7.14. The van der Waals surface area contributed by atoms with Gasteiger partial charge in [0, 0.05) is 35.5 Å². The number of nitrogens with zero attached hydrogens (tertiary/aromatic N) is 1. The molecule has 2 atom stereocenters. The Bertz CT molecular complexity index is 447. The fraction of sp³-hybridized carbons (Fsp3) is 0.625. The first-order valence-corrected chi connectivity index (χ1v) is 8.02. The largest absolute Gasteiger partial charge is 0.395 e. The van der Waals surface area contributed by atoms with E-state index in [9.17, 15) is 0 Å². The smallest absolute Gasteiger partial charge is 0.0540 e. The minimum Gasteiger partial charge on any atom is -0.395 e. The van der Waals surface area contributed by atoms with Crippen molar-refractivity contribution in [3.05, 3.63) is 21.9 Å². The van der Waals surface area contributed by atoms with Crippen molar-refractivity contribution < 1.29 is 5.11 Å². The fourth-order valence-corrected chi connectivity index (χ4v) is 3.58. The molecular weight excluding hydrogens is 254 g/mol. The van der Waals surface area contributed by atoms with Crippen LogP contribution < -0.4 is 0 Å². The van der Waals surface area contributed by atoms with Crippen molar-refractivity contribution in [3.8, 4) is 11.8 Å². The lowest BCUT2D eigenvalue weighted by Crippen LogP contribution is -2.42. The minimum atomic E-state index is 0.145. The molecule has 0 aromatic carbocycles. The third-order valence-corrected chi connectivity index (χ3v) is 4.81. The molecule has 1 aromatic rings. The summed E-state index contributed by atoms with van der Waals surface area (Å²) in [5.41, 5.74) is 1.14. The van der Waals surface area contributed by atoms with Crippen LogP contribution in [-0.2, 0) is 6.54 Å². The van der Waals surface area contributed by atoms with Crippen LogP contribution in [0.1, 0.15) is 50.0 Å². The predicted molar refractivity (Wildman–Crippen MR) is 81.2 cm³/mol. The Balaban J connectivity index is 2.06. The van der Waals surface area contributed by atoms with Gasteiger partial charge in [-0.1, -0.05) is 18.3 Å². The summed E-state index contributed by atoms with van der Waals surface area (Å²) in [6.07, 6.45) is 4.53. The standard InChI is InChI=1S/C16H23NOS/c1-13-6-5-7-14(2)17(13)12-16-15(9-11-19-16)8-3-4-10-18/h9,11,13-14,18H,4-7,10,12H2,1-2H3/t13-,14+. The molecule has 1 N–H and O–H groups in total. The molecule has 1 aliphatic heterocycles. The fourth-order valence-electron chi connectivity index (χ4n) is 2.74. The third-order valence-electron chi connectivity index (χ3n) is 3.91. The molecule has 0 bridgehead atoms. The van der Waals surface area contributed by atoms with Crippen LogP contribution in [0, 0.1) is 11.8 Å². The molecule has 0 amide bonds. The molecule has 1 saturated heterocycles. The van der Waals surface area contributed by atoms with Crippen molar-refractivity contribution in [2.24, 2.45) is 0 Å². The van der Waals surface area contributed by atoms with E-state index in [0.717, 1.165) is 12.1 Å². The number of hydrogen-bond acceptors (Lipinski definition) is 3. The molecule has 19 heavy (non-hydrogen) atoms. The molecule has 2 heterocycles. The van der Waals surface area contributed by atoms with Gasteiger partial charge in [0.15, 0.2) is 0 Å². The summed E-state index contributed by atoms with van der Waals surface area (Å²) >= 11 is 1.80. The van der Waals surface area contributed by atoms with Crippen LogP contribution in [0.25, 0.3) is 0 Å². The number of piperidine rings is 1. The van der Waals surface area contributed by atoms with Crippen molar-refractivity contribution >= 4 is 11.3 Å². The van der Waals surface area contributed by atoms with Gasteiger partial charge in [-0.15, -0.1) is 11.3 Å². The van der Waals surface area contributed by atoms with E-state index in [1.807, 2.05) is 0 Å². The van der Waals surface area contributed by atoms with Gasteiger partial charge in [0.25, 0.3) is 0 Å². The highest BCUT2D eigenvalue weighted by molar-refractivity contribution is 7.10. The Hall–Kier alpha value is -0.820. The van der Waals surface area contributed by atoms with Crippen molar-refractivity contribution in [1.82, 2.24) is 4.90 Å². The highest BCUT2D eigenvalue weighted by Crippen LogP contribution is 2.27. The highest BCUT2D eigenvalue weighted by Gasteiger charge is 2.25. The quantitative estimate of drug-likeness (QED) is 0.857. The lowest BCUT2D eigenvalue weighted by Gasteiger charge is -2.38. The Morgan fingerprint density at radius 1 is 1.37 bits per heavy atom. The SMILES string of the molecule is C[C@@H]1CCC[C@H](C)N1Cc1sccc1C#CCCO. The number of aliphatic hydroxyl groups is 1. The topological polar surface area (TPSA) is 23.5 Å². The molecule has 104 valence electrons. The summed E-state index contributed by atoms with van der Waals surface area (Å²) in [7, 11) is 0. The second-order valence-electron chi connectivity index (χ2n) is 5.33. The molecule has 0 unspecified atom stereocenters. The molecule has 1 aliphatic rings. The number of likely N-dealkylation sites (tertiary alicyclic amines) is 1. The zero-order valence-corrected chi connectivity index (χ0v) is 12.7. The van der Waals surface area contributed by atoms with Gasteiger partial charge in [-0.3, -0.25) is 4.90 Å². The zero-order valence-electron chi connectivity index (χ0n) is 11.9. The van der Waals surface area contributed by atoms with Crippen LogP contribution in [0.15, 0.2) is 11.4 Å². The van der Waals surface area contributed by atoms with Crippen LogP contribution in [-0.4, -0.2) is 28.7 Å². The maximum absolute atomic E-state index is 8.79. The molecule has 0 spiro atoms. The van der Waals surface area contributed by atoms with E-state index in [0.29, 0.717) is 18.5 Å².